The molecule has 0 heterocycles. The van der Waals surface area contributed by atoms with Gasteiger partial charge in [0.15, 0.2) is 0 Å². The van der Waals surface area contributed by atoms with Crippen LogP contribution in [0.4, 0.5) is 15.8 Å². The van der Waals surface area contributed by atoms with Crippen molar-refractivity contribution in [3.05, 3.63) is 60.4 Å². The quantitative estimate of drug-likeness (QED) is 0.567. The van der Waals surface area contributed by atoms with Gasteiger partial charge in [0.25, 0.3) is 0 Å². The van der Waals surface area contributed by atoms with Gasteiger partial charge in [0, 0.05) is 28.2 Å². The number of nitrogens with one attached hydrogen (secondary N) is 2. The van der Waals surface area contributed by atoms with Crippen LogP contribution in [0.25, 0.3) is 0 Å². The SMILES string of the molecule is C[C@H](C(=O)NC1CCCCC1)N(C(=O)C[S@](=O)CC(=O)Nc1ccc(F)cc1)c1ccccc1. The number of hydrogen-bond acceptors (Lipinski definition) is 4. The fourth-order valence-electron chi connectivity index (χ4n) is 3.99. The average Bonchev–Trinajstić information content (AvgIpc) is 2.81. The van der Waals surface area contributed by atoms with Crippen LogP contribution in [-0.4, -0.2) is 45.5 Å². The van der Waals surface area contributed by atoms with Gasteiger partial charge in [-0.1, -0.05) is 37.5 Å². The molecule has 1 fully saturated rings. The number of rotatable bonds is 9. The van der Waals surface area contributed by atoms with E-state index in [1.807, 2.05) is 0 Å². The average molecular weight is 488 g/mol. The molecule has 182 valence electrons. The second-order valence-electron chi connectivity index (χ2n) is 8.40. The molecule has 2 atom stereocenters. The minimum atomic E-state index is -1.80. The van der Waals surface area contributed by atoms with Gasteiger partial charge in [-0.3, -0.25) is 23.5 Å². The van der Waals surface area contributed by atoms with E-state index in [0.717, 1.165) is 32.1 Å². The molecule has 1 saturated carbocycles. The van der Waals surface area contributed by atoms with Crippen molar-refractivity contribution in [2.24, 2.45) is 0 Å². The van der Waals surface area contributed by atoms with E-state index in [4.69, 9.17) is 0 Å². The van der Waals surface area contributed by atoms with E-state index < -0.39 is 46.0 Å². The zero-order valence-corrected chi connectivity index (χ0v) is 20.0. The van der Waals surface area contributed by atoms with Crippen LogP contribution in [0.1, 0.15) is 39.0 Å². The first-order chi connectivity index (χ1) is 16.3. The van der Waals surface area contributed by atoms with E-state index in [2.05, 4.69) is 10.6 Å². The summed E-state index contributed by atoms with van der Waals surface area (Å²) in [6.45, 7) is 1.65. The number of carbonyl (C=O) groups is 3. The topological polar surface area (TPSA) is 95.6 Å². The number of hydrogen-bond donors (Lipinski definition) is 2. The van der Waals surface area contributed by atoms with Crippen molar-refractivity contribution >= 4 is 39.9 Å². The number of anilines is 2. The van der Waals surface area contributed by atoms with E-state index in [-0.39, 0.29) is 11.9 Å². The number of para-hydroxylation sites is 1. The van der Waals surface area contributed by atoms with Crippen molar-refractivity contribution < 1.29 is 23.0 Å². The highest BCUT2D eigenvalue weighted by Gasteiger charge is 2.30. The third-order valence-electron chi connectivity index (χ3n) is 5.73. The van der Waals surface area contributed by atoms with Crippen molar-refractivity contribution in [1.82, 2.24) is 5.32 Å². The summed E-state index contributed by atoms with van der Waals surface area (Å²) in [6.07, 6.45) is 5.15. The Labute approximate surface area is 201 Å². The lowest BCUT2D eigenvalue weighted by molar-refractivity contribution is -0.126. The molecule has 2 aromatic carbocycles. The molecular weight excluding hydrogens is 457 g/mol. The lowest BCUT2D eigenvalue weighted by Crippen LogP contribution is -2.52. The van der Waals surface area contributed by atoms with Crippen LogP contribution < -0.4 is 15.5 Å². The molecule has 1 aliphatic carbocycles. The van der Waals surface area contributed by atoms with Crippen LogP contribution in [0.2, 0.25) is 0 Å². The smallest absolute Gasteiger partial charge is 0.243 e. The van der Waals surface area contributed by atoms with Crippen LogP contribution in [0.3, 0.4) is 0 Å². The van der Waals surface area contributed by atoms with Gasteiger partial charge in [0.2, 0.25) is 17.7 Å². The van der Waals surface area contributed by atoms with Crippen LogP contribution in [0.5, 0.6) is 0 Å². The molecule has 0 unspecified atom stereocenters. The Morgan fingerprint density at radius 2 is 1.65 bits per heavy atom. The van der Waals surface area contributed by atoms with Crippen molar-refractivity contribution in [3.63, 3.8) is 0 Å². The molecular formula is C25H30FN3O4S. The molecule has 3 rings (SSSR count). The Morgan fingerprint density at radius 1 is 1.00 bits per heavy atom. The van der Waals surface area contributed by atoms with Crippen LogP contribution in [0, 0.1) is 5.82 Å². The van der Waals surface area contributed by atoms with E-state index in [1.165, 1.54) is 29.2 Å². The predicted molar refractivity (Wildman–Crippen MR) is 131 cm³/mol. The molecule has 0 bridgehead atoms. The summed E-state index contributed by atoms with van der Waals surface area (Å²) in [5, 5.41) is 5.57. The highest BCUT2D eigenvalue weighted by molar-refractivity contribution is 7.86. The zero-order valence-electron chi connectivity index (χ0n) is 19.2. The molecule has 0 aromatic heterocycles. The van der Waals surface area contributed by atoms with Gasteiger partial charge in [0.05, 0.1) is 0 Å². The minimum absolute atomic E-state index is 0.0979. The monoisotopic (exact) mass is 487 g/mol. The molecule has 2 N–H and O–H groups in total. The van der Waals surface area contributed by atoms with E-state index in [1.54, 1.807) is 37.3 Å². The third-order valence-corrected chi connectivity index (χ3v) is 6.88. The standard InChI is InChI=1S/C25H30FN3O4S/c1-18(25(32)28-20-8-4-2-5-9-20)29(22-10-6-3-7-11-22)24(31)17-34(33)16-23(30)27-21-14-12-19(26)13-15-21/h3,6-7,10-15,18,20H,2,4-5,8-9,16-17H2,1H3,(H,27,30)(H,28,32)/t18-,34-/m1/s1. The molecule has 1 aliphatic rings. The molecule has 2 aromatic rings. The summed E-state index contributed by atoms with van der Waals surface area (Å²) in [6, 6.07) is 13.2. The zero-order chi connectivity index (χ0) is 24.5. The van der Waals surface area contributed by atoms with E-state index in [9.17, 15) is 23.0 Å². The number of amides is 3. The summed E-state index contributed by atoms with van der Waals surface area (Å²) < 4.78 is 25.6. The maximum Gasteiger partial charge on any atom is 0.243 e. The van der Waals surface area contributed by atoms with E-state index in [0.29, 0.717) is 11.4 Å². The van der Waals surface area contributed by atoms with Crippen molar-refractivity contribution in [2.45, 2.75) is 51.1 Å². The fraction of sp³-hybridized carbons (Fsp3) is 0.400. The summed E-state index contributed by atoms with van der Waals surface area (Å²) in [7, 11) is -1.80. The molecule has 34 heavy (non-hydrogen) atoms. The highest BCUT2D eigenvalue weighted by atomic mass is 32.2. The number of benzene rings is 2. The molecule has 3 amide bonds. The summed E-state index contributed by atoms with van der Waals surface area (Å²) in [5.41, 5.74) is 0.889. The molecule has 0 aliphatic heterocycles. The second kappa shape index (κ2) is 12.4. The summed E-state index contributed by atoms with van der Waals surface area (Å²) >= 11 is 0. The maximum absolute atomic E-state index is 13.1. The lowest BCUT2D eigenvalue weighted by atomic mass is 9.95. The van der Waals surface area contributed by atoms with Gasteiger partial charge in [-0.25, -0.2) is 4.39 Å². The number of halogens is 1. The van der Waals surface area contributed by atoms with Gasteiger partial charge in [0.1, 0.15) is 23.4 Å². The molecule has 9 heteroatoms. The molecule has 7 nitrogen and oxygen atoms in total. The summed E-state index contributed by atoms with van der Waals surface area (Å²) in [5.74, 6) is -2.56. The number of carbonyl (C=O) groups excluding carboxylic acids is 3. The van der Waals surface area contributed by atoms with Gasteiger partial charge >= 0.3 is 0 Å². The first-order valence-electron chi connectivity index (χ1n) is 11.4. The normalized spacial score (nSPS) is 15.7. The Balaban J connectivity index is 1.63. The van der Waals surface area contributed by atoms with Gasteiger partial charge in [-0.05, 0) is 56.2 Å². The van der Waals surface area contributed by atoms with E-state index >= 15 is 0 Å². The largest absolute Gasteiger partial charge is 0.352 e. The predicted octanol–water partition coefficient (Wildman–Crippen LogP) is 3.38. The molecule has 0 radical (unpaired) electrons. The van der Waals surface area contributed by atoms with Crippen LogP contribution >= 0.6 is 0 Å². The summed E-state index contributed by atoms with van der Waals surface area (Å²) in [4.78, 5) is 39.6. The van der Waals surface area contributed by atoms with Crippen molar-refractivity contribution in [1.29, 1.82) is 0 Å². The minimum Gasteiger partial charge on any atom is -0.352 e. The highest BCUT2D eigenvalue weighted by Crippen LogP contribution is 2.20. The Morgan fingerprint density at radius 3 is 2.29 bits per heavy atom. The molecule has 0 saturated heterocycles. The fourth-order valence-corrected chi connectivity index (χ4v) is 4.87. The van der Waals surface area contributed by atoms with Crippen molar-refractivity contribution in [2.75, 3.05) is 21.7 Å². The Bertz CT molecular complexity index is 1010. The Kier molecular flexibility index (Phi) is 9.33. The van der Waals surface area contributed by atoms with Gasteiger partial charge in [-0.2, -0.15) is 0 Å². The Hall–Kier alpha value is -3.07. The number of nitrogens with zero attached hydrogens (tertiary/aromatic N) is 1. The van der Waals surface area contributed by atoms with Crippen LogP contribution in [-0.2, 0) is 25.2 Å². The first kappa shape index (κ1) is 25.6. The van der Waals surface area contributed by atoms with Gasteiger partial charge < -0.3 is 10.6 Å². The second-order valence-corrected chi connectivity index (χ2v) is 9.86. The molecule has 0 spiro atoms. The third kappa shape index (κ3) is 7.48. The van der Waals surface area contributed by atoms with Crippen molar-refractivity contribution in [3.8, 4) is 0 Å². The maximum atomic E-state index is 13.1. The lowest BCUT2D eigenvalue weighted by Gasteiger charge is -2.31. The first-order valence-corrected chi connectivity index (χ1v) is 12.9. The van der Waals surface area contributed by atoms with Gasteiger partial charge in [-0.15, -0.1) is 0 Å². The van der Waals surface area contributed by atoms with Crippen LogP contribution in [0.15, 0.2) is 54.6 Å².